The molecular formula is C9H16F3N3O2. The minimum absolute atomic E-state index is 0.436. The molecular weight excluding hydrogens is 239 g/mol. The predicted octanol–water partition coefficient (Wildman–Crippen LogP) is 0.763. The monoisotopic (exact) mass is 255 g/mol. The van der Waals surface area contributed by atoms with Crippen LogP contribution in [0.1, 0.15) is 20.3 Å². The first-order chi connectivity index (χ1) is 7.76. The van der Waals surface area contributed by atoms with Crippen molar-refractivity contribution in [3.05, 3.63) is 0 Å². The first-order valence-electron chi connectivity index (χ1n) is 5.15. The van der Waals surface area contributed by atoms with Crippen LogP contribution in [0.2, 0.25) is 0 Å². The van der Waals surface area contributed by atoms with Gasteiger partial charge in [0.05, 0.1) is 0 Å². The Bertz CT molecular complexity index is 269. The molecule has 0 aromatic heterocycles. The Morgan fingerprint density at radius 1 is 1.24 bits per heavy atom. The molecule has 0 aromatic carbocycles. The highest BCUT2D eigenvalue weighted by atomic mass is 19.4. The van der Waals surface area contributed by atoms with Crippen molar-refractivity contribution in [2.45, 2.75) is 32.5 Å². The van der Waals surface area contributed by atoms with Crippen LogP contribution in [0.4, 0.5) is 18.0 Å². The predicted molar refractivity (Wildman–Crippen MR) is 55.4 cm³/mol. The zero-order chi connectivity index (χ0) is 13.5. The lowest BCUT2D eigenvalue weighted by molar-refractivity contribution is -0.123. The normalized spacial score (nSPS) is 12.8. The number of carbonyl (C=O) groups is 2. The second-order valence-corrected chi connectivity index (χ2v) is 3.45. The van der Waals surface area contributed by atoms with E-state index in [1.807, 2.05) is 6.92 Å². The van der Waals surface area contributed by atoms with E-state index in [1.54, 1.807) is 5.32 Å². The quantitative estimate of drug-likeness (QED) is 0.679. The van der Waals surface area contributed by atoms with Gasteiger partial charge in [0.25, 0.3) is 0 Å². The number of halogens is 3. The van der Waals surface area contributed by atoms with Gasteiger partial charge in [-0.05, 0) is 13.3 Å². The van der Waals surface area contributed by atoms with E-state index < -0.39 is 30.7 Å². The van der Waals surface area contributed by atoms with Crippen molar-refractivity contribution in [2.75, 3.05) is 13.1 Å². The van der Waals surface area contributed by atoms with Gasteiger partial charge in [0.2, 0.25) is 5.91 Å². The van der Waals surface area contributed by atoms with Crippen molar-refractivity contribution in [2.24, 2.45) is 0 Å². The highest BCUT2D eigenvalue weighted by Crippen LogP contribution is 2.11. The highest BCUT2D eigenvalue weighted by molar-refractivity contribution is 5.86. The smallest absolute Gasteiger partial charge is 0.354 e. The number of alkyl halides is 3. The Balaban J connectivity index is 3.91. The summed E-state index contributed by atoms with van der Waals surface area (Å²) in [6.45, 7) is 2.27. The molecule has 0 aromatic rings. The van der Waals surface area contributed by atoms with Crippen LogP contribution in [0.5, 0.6) is 0 Å². The van der Waals surface area contributed by atoms with Crippen LogP contribution in [0.3, 0.4) is 0 Å². The number of hydrogen-bond acceptors (Lipinski definition) is 2. The lowest BCUT2D eigenvalue weighted by atomic mass is 10.3. The van der Waals surface area contributed by atoms with Crippen LogP contribution in [-0.2, 0) is 4.79 Å². The maximum absolute atomic E-state index is 11.8. The first kappa shape index (κ1) is 15.5. The summed E-state index contributed by atoms with van der Waals surface area (Å²) in [4.78, 5) is 22.2. The number of rotatable bonds is 5. The molecule has 3 N–H and O–H groups in total. The molecule has 0 saturated heterocycles. The van der Waals surface area contributed by atoms with E-state index in [-0.39, 0.29) is 0 Å². The van der Waals surface area contributed by atoms with Gasteiger partial charge in [-0.25, -0.2) is 4.79 Å². The molecule has 5 nitrogen and oxygen atoms in total. The van der Waals surface area contributed by atoms with Crippen molar-refractivity contribution in [1.29, 1.82) is 0 Å². The molecule has 0 heterocycles. The van der Waals surface area contributed by atoms with Crippen molar-refractivity contribution in [1.82, 2.24) is 16.0 Å². The molecule has 0 radical (unpaired) electrons. The number of nitrogens with one attached hydrogen (secondary N) is 3. The Labute approximate surface area is 97.1 Å². The average molecular weight is 255 g/mol. The van der Waals surface area contributed by atoms with Crippen LogP contribution >= 0.6 is 0 Å². The third-order valence-electron chi connectivity index (χ3n) is 1.74. The summed E-state index contributed by atoms with van der Waals surface area (Å²) in [5.74, 6) is -0.436. The van der Waals surface area contributed by atoms with Gasteiger partial charge in [0, 0.05) is 6.54 Å². The molecule has 17 heavy (non-hydrogen) atoms. The van der Waals surface area contributed by atoms with Gasteiger partial charge in [-0.15, -0.1) is 0 Å². The average Bonchev–Trinajstić information content (AvgIpc) is 2.22. The first-order valence-corrected chi connectivity index (χ1v) is 5.15. The topological polar surface area (TPSA) is 70.2 Å². The van der Waals surface area contributed by atoms with Crippen molar-refractivity contribution >= 4 is 11.9 Å². The van der Waals surface area contributed by atoms with E-state index in [0.717, 1.165) is 6.42 Å². The summed E-state index contributed by atoms with van der Waals surface area (Å²) >= 11 is 0. The van der Waals surface area contributed by atoms with E-state index in [4.69, 9.17) is 0 Å². The molecule has 8 heteroatoms. The van der Waals surface area contributed by atoms with E-state index in [0.29, 0.717) is 6.54 Å². The Hall–Kier alpha value is -1.47. The second-order valence-electron chi connectivity index (χ2n) is 3.45. The summed E-state index contributed by atoms with van der Waals surface area (Å²) in [5, 5.41) is 6.21. The fourth-order valence-electron chi connectivity index (χ4n) is 0.895. The van der Waals surface area contributed by atoms with Crippen LogP contribution in [-0.4, -0.2) is 37.2 Å². The lowest BCUT2D eigenvalue weighted by Gasteiger charge is -2.15. The maximum atomic E-state index is 11.8. The third kappa shape index (κ3) is 8.35. The molecule has 0 bridgehead atoms. The van der Waals surface area contributed by atoms with Gasteiger partial charge in [0.1, 0.15) is 12.6 Å². The van der Waals surface area contributed by atoms with Crippen LogP contribution in [0.25, 0.3) is 0 Å². The Morgan fingerprint density at radius 2 is 1.82 bits per heavy atom. The summed E-state index contributed by atoms with van der Waals surface area (Å²) in [6.07, 6.45) is -3.73. The van der Waals surface area contributed by atoms with Gasteiger partial charge in [-0.3, -0.25) is 4.79 Å². The fraction of sp³-hybridized carbons (Fsp3) is 0.778. The summed E-state index contributed by atoms with van der Waals surface area (Å²) < 4.78 is 35.3. The van der Waals surface area contributed by atoms with Gasteiger partial charge in [0.15, 0.2) is 0 Å². The van der Waals surface area contributed by atoms with Gasteiger partial charge < -0.3 is 16.0 Å². The molecule has 0 rings (SSSR count). The standard InChI is InChI=1S/C9H16F3N3O2/c1-3-4-13-7(16)6(2)15-8(17)14-5-9(10,11)12/h6H,3-5H2,1-2H3,(H,13,16)(H2,14,15,17). The van der Waals surface area contributed by atoms with Crippen molar-refractivity contribution in [3.8, 4) is 0 Å². The SMILES string of the molecule is CCCNC(=O)C(C)NC(=O)NCC(F)(F)F. The van der Waals surface area contributed by atoms with Crippen molar-refractivity contribution < 1.29 is 22.8 Å². The Kier molecular flexibility index (Phi) is 6.37. The van der Waals surface area contributed by atoms with Crippen LogP contribution < -0.4 is 16.0 Å². The number of carbonyl (C=O) groups excluding carboxylic acids is 2. The summed E-state index contributed by atoms with van der Waals surface area (Å²) in [6, 6.07) is -1.91. The van der Waals surface area contributed by atoms with Crippen LogP contribution in [0.15, 0.2) is 0 Å². The molecule has 0 aliphatic heterocycles. The van der Waals surface area contributed by atoms with Crippen LogP contribution in [0, 0.1) is 0 Å². The Morgan fingerprint density at radius 3 is 2.29 bits per heavy atom. The third-order valence-corrected chi connectivity index (χ3v) is 1.74. The second kappa shape index (κ2) is 6.97. The molecule has 0 saturated carbocycles. The van der Waals surface area contributed by atoms with Crippen molar-refractivity contribution in [3.63, 3.8) is 0 Å². The van der Waals surface area contributed by atoms with E-state index in [9.17, 15) is 22.8 Å². The zero-order valence-corrected chi connectivity index (χ0v) is 9.65. The summed E-state index contributed by atoms with van der Waals surface area (Å²) in [7, 11) is 0. The van der Waals surface area contributed by atoms with Gasteiger partial charge in [-0.1, -0.05) is 6.92 Å². The number of urea groups is 1. The minimum Gasteiger partial charge on any atom is -0.354 e. The van der Waals surface area contributed by atoms with Gasteiger partial charge >= 0.3 is 12.2 Å². The number of amides is 3. The molecule has 1 atom stereocenters. The fourth-order valence-corrected chi connectivity index (χ4v) is 0.895. The molecule has 1 unspecified atom stereocenters. The summed E-state index contributed by atoms with van der Waals surface area (Å²) in [5.41, 5.74) is 0. The lowest BCUT2D eigenvalue weighted by Crippen LogP contribution is -2.50. The molecule has 0 fully saturated rings. The molecule has 0 spiro atoms. The number of hydrogen-bond donors (Lipinski definition) is 3. The van der Waals surface area contributed by atoms with E-state index >= 15 is 0 Å². The molecule has 100 valence electrons. The molecule has 0 aliphatic rings. The van der Waals surface area contributed by atoms with Gasteiger partial charge in [-0.2, -0.15) is 13.2 Å². The minimum atomic E-state index is -4.47. The van der Waals surface area contributed by atoms with E-state index in [1.165, 1.54) is 6.92 Å². The van der Waals surface area contributed by atoms with E-state index in [2.05, 4.69) is 10.6 Å². The molecule has 0 aliphatic carbocycles. The highest BCUT2D eigenvalue weighted by Gasteiger charge is 2.28. The maximum Gasteiger partial charge on any atom is 0.405 e. The largest absolute Gasteiger partial charge is 0.405 e. The molecule has 3 amide bonds. The zero-order valence-electron chi connectivity index (χ0n) is 9.65.